The summed E-state index contributed by atoms with van der Waals surface area (Å²) in [4.78, 5) is 15.6. The number of hydrogen-bond donors (Lipinski definition) is 2. The molecule has 118 valence electrons. The summed E-state index contributed by atoms with van der Waals surface area (Å²) in [6, 6.07) is 14.7. The summed E-state index contributed by atoms with van der Waals surface area (Å²) < 4.78 is 2.17. The Morgan fingerprint density at radius 2 is 1.91 bits per heavy atom. The van der Waals surface area contributed by atoms with Crippen LogP contribution in [0.1, 0.15) is 30.1 Å². The smallest absolute Gasteiger partial charge is 0.335 e. The lowest BCUT2D eigenvalue weighted by Crippen LogP contribution is -2.04. The number of aromatic carboxylic acids is 1. The van der Waals surface area contributed by atoms with Crippen LogP contribution in [0.25, 0.3) is 11.0 Å². The van der Waals surface area contributed by atoms with E-state index in [9.17, 15) is 4.79 Å². The molecule has 2 N–H and O–H groups in total. The van der Waals surface area contributed by atoms with Gasteiger partial charge >= 0.3 is 5.97 Å². The number of rotatable bonds is 6. The van der Waals surface area contributed by atoms with E-state index in [1.165, 1.54) is 0 Å². The van der Waals surface area contributed by atoms with Crippen molar-refractivity contribution < 1.29 is 9.90 Å². The number of aryl methyl sites for hydroxylation is 1. The Hall–Kier alpha value is -2.82. The summed E-state index contributed by atoms with van der Waals surface area (Å²) in [5, 5.41) is 12.3. The van der Waals surface area contributed by atoms with Crippen LogP contribution < -0.4 is 5.32 Å². The lowest BCUT2D eigenvalue weighted by Gasteiger charge is -2.10. The molecule has 2 aromatic carbocycles. The fraction of sp³-hybridized carbons (Fsp3) is 0.222. The predicted octanol–water partition coefficient (Wildman–Crippen LogP) is 4.28. The van der Waals surface area contributed by atoms with Crippen molar-refractivity contribution in [2.75, 3.05) is 5.32 Å². The third-order valence-electron chi connectivity index (χ3n) is 3.78. The molecule has 0 unspecified atom stereocenters. The van der Waals surface area contributed by atoms with Crippen molar-refractivity contribution in [1.82, 2.24) is 9.55 Å². The number of unbranched alkanes of at least 4 members (excludes halogenated alkanes) is 1. The van der Waals surface area contributed by atoms with Crippen molar-refractivity contribution in [2.24, 2.45) is 0 Å². The summed E-state index contributed by atoms with van der Waals surface area (Å²) in [7, 11) is 0. The number of nitrogens with zero attached hydrogens (tertiary/aromatic N) is 2. The third kappa shape index (κ3) is 3.18. The molecule has 3 rings (SSSR count). The highest BCUT2D eigenvalue weighted by Crippen LogP contribution is 2.23. The topological polar surface area (TPSA) is 67.2 Å². The second-order valence-corrected chi connectivity index (χ2v) is 5.44. The van der Waals surface area contributed by atoms with Gasteiger partial charge in [0.1, 0.15) is 0 Å². The van der Waals surface area contributed by atoms with E-state index in [-0.39, 0.29) is 5.56 Å². The predicted molar refractivity (Wildman–Crippen MR) is 91.3 cm³/mol. The lowest BCUT2D eigenvalue weighted by molar-refractivity contribution is 0.0697. The molecule has 0 aliphatic rings. The molecule has 0 amide bonds. The number of hydrogen-bond acceptors (Lipinski definition) is 3. The third-order valence-corrected chi connectivity index (χ3v) is 3.78. The van der Waals surface area contributed by atoms with Gasteiger partial charge in [-0.2, -0.15) is 0 Å². The number of fused-ring (bicyclic) bond motifs is 1. The minimum atomic E-state index is -0.924. The second-order valence-electron chi connectivity index (χ2n) is 5.44. The van der Waals surface area contributed by atoms with Crippen LogP contribution in [-0.4, -0.2) is 20.6 Å². The van der Waals surface area contributed by atoms with Gasteiger partial charge in [-0.3, -0.25) is 0 Å². The Labute approximate surface area is 134 Å². The molecule has 0 bridgehead atoms. The Morgan fingerprint density at radius 1 is 1.17 bits per heavy atom. The van der Waals surface area contributed by atoms with Crippen LogP contribution >= 0.6 is 0 Å². The molecule has 5 nitrogen and oxygen atoms in total. The summed E-state index contributed by atoms with van der Waals surface area (Å²) >= 11 is 0. The largest absolute Gasteiger partial charge is 0.478 e. The van der Waals surface area contributed by atoms with Gasteiger partial charge in [0.05, 0.1) is 16.6 Å². The summed E-state index contributed by atoms with van der Waals surface area (Å²) in [6.45, 7) is 3.06. The number of carboxylic acids is 1. The van der Waals surface area contributed by atoms with E-state index in [0.717, 1.165) is 42.1 Å². The Balaban J connectivity index is 1.93. The number of para-hydroxylation sites is 2. The average molecular weight is 309 g/mol. The van der Waals surface area contributed by atoms with Crippen LogP contribution in [0, 0.1) is 0 Å². The van der Waals surface area contributed by atoms with Crippen LogP contribution in [0.5, 0.6) is 0 Å². The molecule has 1 heterocycles. The molecule has 0 saturated carbocycles. The fourth-order valence-electron chi connectivity index (χ4n) is 2.54. The van der Waals surface area contributed by atoms with Crippen molar-refractivity contribution >= 4 is 28.6 Å². The number of aromatic nitrogens is 2. The fourth-order valence-corrected chi connectivity index (χ4v) is 2.54. The van der Waals surface area contributed by atoms with Gasteiger partial charge in [0.25, 0.3) is 0 Å². The van der Waals surface area contributed by atoms with Gasteiger partial charge in [-0.05, 0) is 42.8 Å². The van der Waals surface area contributed by atoms with Gasteiger partial charge in [0, 0.05) is 12.2 Å². The normalized spacial score (nSPS) is 10.8. The van der Waals surface area contributed by atoms with Crippen molar-refractivity contribution in [1.29, 1.82) is 0 Å². The van der Waals surface area contributed by atoms with Crippen molar-refractivity contribution in [3.63, 3.8) is 0 Å². The molecule has 1 aromatic heterocycles. The van der Waals surface area contributed by atoms with Gasteiger partial charge in [-0.15, -0.1) is 0 Å². The standard InChI is InChI=1S/C18H19N3O2/c1-2-3-12-21-16-7-5-4-6-15(16)20-18(21)19-14-10-8-13(9-11-14)17(22)23/h4-11H,2-3,12H2,1H3,(H,19,20)(H,22,23). The van der Waals surface area contributed by atoms with Crippen LogP contribution in [0.2, 0.25) is 0 Å². The molecule has 0 aliphatic carbocycles. The first-order chi connectivity index (χ1) is 11.2. The molecule has 0 spiro atoms. The minimum Gasteiger partial charge on any atom is -0.478 e. The van der Waals surface area contributed by atoms with Gasteiger partial charge < -0.3 is 15.0 Å². The first-order valence-corrected chi connectivity index (χ1v) is 7.74. The second kappa shape index (κ2) is 6.52. The maximum Gasteiger partial charge on any atom is 0.335 e. The van der Waals surface area contributed by atoms with Crippen LogP contribution in [0.3, 0.4) is 0 Å². The maximum atomic E-state index is 10.9. The first kappa shape index (κ1) is 15.1. The minimum absolute atomic E-state index is 0.273. The monoisotopic (exact) mass is 309 g/mol. The molecule has 0 radical (unpaired) electrons. The Bertz CT molecular complexity index is 822. The van der Waals surface area contributed by atoms with Gasteiger partial charge in [-0.1, -0.05) is 25.5 Å². The van der Waals surface area contributed by atoms with Gasteiger partial charge in [0.2, 0.25) is 5.95 Å². The highest BCUT2D eigenvalue weighted by atomic mass is 16.4. The molecule has 0 atom stereocenters. The van der Waals surface area contributed by atoms with E-state index in [2.05, 4.69) is 27.9 Å². The number of imidazole rings is 1. The summed E-state index contributed by atoms with van der Waals surface area (Å²) in [5.41, 5.74) is 3.15. The lowest BCUT2D eigenvalue weighted by atomic mass is 10.2. The van der Waals surface area contributed by atoms with Crippen molar-refractivity contribution in [3.8, 4) is 0 Å². The zero-order chi connectivity index (χ0) is 16.2. The highest BCUT2D eigenvalue weighted by molar-refractivity contribution is 5.88. The summed E-state index contributed by atoms with van der Waals surface area (Å²) in [6.07, 6.45) is 2.19. The Morgan fingerprint density at radius 3 is 2.61 bits per heavy atom. The number of carbonyl (C=O) groups is 1. The Kier molecular flexibility index (Phi) is 4.28. The SMILES string of the molecule is CCCCn1c(Nc2ccc(C(=O)O)cc2)nc2ccccc21. The molecular weight excluding hydrogens is 290 g/mol. The maximum absolute atomic E-state index is 10.9. The number of carboxylic acid groups (broad SMARTS) is 1. The number of benzene rings is 2. The van der Waals surface area contributed by atoms with E-state index in [1.807, 2.05) is 18.2 Å². The van der Waals surface area contributed by atoms with Crippen molar-refractivity contribution in [2.45, 2.75) is 26.3 Å². The quantitative estimate of drug-likeness (QED) is 0.713. The first-order valence-electron chi connectivity index (χ1n) is 7.74. The number of anilines is 2. The van der Waals surface area contributed by atoms with Crippen LogP contribution in [-0.2, 0) is 6.54 Å². The van der Waals surface area contributed by atoms with E-state index < -0.39 is 5.97 Å². The molecule has 23 heavy (non-hydrogen) atoms. The molecule has 3 aromatic rings. The van der Waals surface area contributed by atoms with Crippen molar-refractivity contribution in [3.05, 3.63) is 54.1 Å². The van der Waals surface area contributed by atoms with Crippen LogP contribution in [0.4, 0.5) is 11.6 Å². The van der Waals surface area contributed by atoms with E-state index in [4.69, 9.17) is 5.11 Å². The van der Waals surface area contributed by atoms with E-state index >= 15 is 0 Å². The van der Waals surface area contributed by atoms with E-state index in [0.29, 0.717) is 0 Å². The number of nitrogens with one attached hydrogen (secondary N) is 1. The molecular formula is C18H19N3O2. The van der Waals surface area contributed by atoms with Gasteiger partial charge in [-0.25, -0.2) is 9.78 Å². The highest BCUT2D eigenvalue weighted by Gasteiger charge is 2.10. The zero-order valence-corrected chi connectivity index (χ0v) is 13.0. The average Bonchev–Trinajstić information content (AvgIpc) is 2.90. The summed E-state index contributed by atoms with van der Waals surface area (Å²) in [5.74, 6) is -0.144. The zero-order valence-electron chi connectivity index (χ0n) is 13.0. The molecule has 5 heteroatoms. The van der Waals surface area contributed by atoms with Gasteiger partial charge in [0.15, 0.2) is 0 Å². The van der Waals surface area contributed by atoms with Crippen LogP contribution in [0.15, 0.2) is 48.5 Å². The molecule has 0 fully saturated rings. The van der Waals surface area contributed by atoms with E-state index in [1.54, 1.807) is 24.3 Å². The molecule has 0 saturated heterocycles. The molecule has 0 aliphatic heterocycles.